The van der Waals surface area contributed by atoms with Gasteiger partial charge in [0.05, 0.1) is 34.9 Å². The Morgan fingerprint density at radius 3 is 2.73 bits per heavy atom. The van der Waals surface area contributed by atoms with Crippen LogP contribution in [0.15, 0.2) is 53.4 Å². The highest BCUT2D eigenvalue weighted by Crippen LogP contribution is 2.51. The first-order valence-electron chi connectivity index (χ1n) is 11.5. The maximum atomic E-state index is 10.7. The Morgan fingerprint density at radius 2 is 1.97 bits per heavy atom. The van der Waals surface area contributed by atoms with Crippen molar-refractivity contribution in [2.45, 2.75) is 30.8 Å². The van der Waals surface area contributed by atoms with Gasteiger partial charge in [0.2, 0.25) is 0 Å². The van der Waals surface area contributed by atoms with Gasteiger partial charge in [-0.1, -0.05) is 36.8 Å². The van der Waals surface area contributed by atoms with Crippen molar-refractivity contribution in [3.63, 3.8) is 0 Å². The molecule has 33 heavy (non-hydrogen) atoms. The predicted octanol–water partition coefficient (Wildman–Crippen LogP) is 4.46. The number of aromatic nitrogens is 1. The van der Waals surface area contributed by atoms with Crippen LogP contribution in [0.3, 0.4) is 0 Å². The van der Waals surface area contributed by atoms with E-state index in [2.05, 4.69) is 53.6 Å². The molecule has 0 saturated carbocycles. The number of likely N-dealkylation sites (N-methyl/N-ethyl adjacent to an activating group) is 1. The fraction of sp³-hybridized carbons (Fsp3) is 0.400. The summed E-state index contributed by atoms with van der Waals surface area (Å²) in [7, 11) is -2.82. The van der Waals surface area contributed by atoms with Crippen molar-refractivity contribution in [1.29, 1.82) is 0 Å². The van der Waals surface area contributed by atoms with Crippen LogP contribution in [0.2, 0.25) is 0 Å². The molecule has 2 aliphatic rings. The van der Waals surface area contributed by atoms with Crippen LogP contribution in [0.5, 0.6) is 0 Å². The number of fused-ring (bicyclic) bond motifs is 2. The molecule has 0 radical (unpaired) electrons. The number of pyridine rings is 1. The van der Waals surface area contributed by atoms with Crippen molar-refractivity contribution in [2.75, 3.05) is 48.8 Å². The summed E-state index contributed by atoms with van der Waals surface area (Å²) in [5.41, 5.74) is 4.03. The van der Waals surface area contributed by atoms with Crippen molar-refractivity contribution in [3.05, 3.63) is 59.7 Å². The fourth-order valence-corrected chi connectivity index (χ4v) is 6.21. The Bertz CT molecular complexity index is 1170. The van der Waals surface area contributed by atoms with Crippen molar-refractivity contribution in [1.82, 2.24) is 10.3 Å². The van der Waals surface area contributed by atoms with Gasteiger partial charge in [-0.3, -0.25) is 9.11 Å². The first-order chi connectivity index (χ1) is 15.9. The highest BCUT2D eigenvalue weighted by atomic mass is 32.3. The first kappa shape index (κ1) is 22.4. The van der Waals surface area contributed by atoms with E-state index in [-0.39, 0.29) is 5.54 Å². The second-order valence-electron chi connectivity index (χ2n) is 9.11. The predicted molar refractivity (Wildman–Crippen MR) is 136 cm³/mol. The normalized spacial score (nSPS) is 19.9. The maximum Gasteiger partial charge on any atom is 0.131 e. The van der Waals surface area contributed by atoms with Gasteiger partial charge in [0.15, 0.2) is 0 Å². The standard InChI is InChI=1S/C25H32N4O3S/c1-3-27-25(16-32-17-25)15-26-22-13-24(28-21-9-8-18(2)12-20(21)22)29-10-11-33(30,31)23-7-5-4-6-19(23)14-29/h4-9,12-13,27,30-31H,3,10-11,14-17H2,1-2H3,(H,26,28). The van der Waals surface area contributed by atoms with Crippen LogP contribution in [-0.2, 0) is 11.3 Å². The van der Waals surface area contributed by atoms with Crippen LogP contribution >= 0.6 is 10.6 Å². The average molecular weight is 469 g/mol. The largest absolute Gasteiger partial charge is 0.382 e. The van der Waals surface area contributed by atoms with E-state index in [4.69, 9.17) is 9.72 Å². The molecule has 3 aromatic rings. The molecule has 5 rings (SSSR count). The third kappa shape index (κ3) is 4.41. The van der Waals surface area contributed by atoms with E-state index in [1.807, 2.05) is 24.3 Å². The molecule has 8 heteroatoms. The monoisotopic (exact) mass is 468 g/mol. The molecular weight excluding hydrogens is 436 g/mol. The van der Waals surface area contributed by atoms with Crippen LogP contribution in [-0.4, -0.2) is 58.2 Å². The number of anilines is 2. The number of nitrogens with zero attached hydrogens (tertiary/aromatic N) is 2. The molecule has 2 aromatic carbocycles. The Kier molecular flexibility index (Phi) is 5.96. The van der Waals surface area contributed by atoms with E-state index in [1.165, 1.54) is 5.56 Å². The number of benzene rings is 2. The summed E-state index contributed by atoms with van der Waals surface area (Å²) in [6.45, 7) is 8.37. The molecule has 1 aromatic heterocycles. The van der Waals surface area contributed by atoms with Crippen LogP contribution in [0.4, 0.5) is 11.5 Å². The van der Waals surface area contributed by atoms with Crippen LogP contribution in [0.1, 0.15) is 18.1 Å². The molecule has 0 amide bonds. The van der Waals surface area contributed by atoms with E-state index in [0.29, 0.717) is 37.0 Å². The molecule has 0 spiro atoms. The van der Waals surface area contributed by atoms with Crippen LogP contribution in [0.25, 0.3) is 10.9 Å². The van der Waals surface area contributed by atoms with Crippen LogP contribution in [0, 0.1) is 6.92 Å². The quantitative estimate of drug-likeness (QED) is 0.425. The van der Waals surface area contributed by atoms with Gasteiger partial charge in [0, 0.05) is 36.8 Å². The zero-order valence-corrected chi connectivity index (χ0v) is 20.0. The molecular formula is C25H32N4O3S. The number of nitrogens with one attached hydrogen (secondary N) is 2. The van der Waals surface area contributed by atoms with Gasteiger partial charge >= 0.3 is 0 Å². The molecule has 2 aliphatic heterocycles. The summed E-state index contributed by atoms with van der Waals surface area (Å²) < 4.78 is 27.0. The smallest absolute Gasteiger partial charge is 0.131 e. The van der Waals surface area contributed by atoms with Crippen molar-refractivity contribution >= 4 is 33.0 Å². The SMILES string of the molecule is CCNC1(CNc2cc(N3CCS(O)(O)c4ccccc4C3)nc3ccc(C)cc23)COC1. The molecule has 0 aliphatic carbocycles. The highest BCUT2D eigenvalue weighted by Gasteiger charge is 2.37. The molecule has 4 N–H and O–H groups in total. The lowest BCUT2D eigenvalue weighted by Gasteiger charge is -2.42. The number of hydrogen-bond donors (Lipinski definition) is 4. The van der Waals surface area contributed by atoms with E-state index in [0.717, 1.165) is 41.1 Å². The Hall–Kier alpha value is -2.36. The molecule has 176 valence electrons. The number of rotatable bonds is 6. The third-order valence-corrected chi connectivity index (χ3v) is 8.39. The summed E-state index contributed by atoms with van der Waals surface area (Å²) in [5.74, 6) is 1.13. The molecule has 1 fully saturated rings. The lowest BCUT2D eigenvalue weighted by Crippen LogP contribution is -2.64. The van der Waals surface area contributed by atoms with E-state index < -0.39 is 10.6 Å². The maximum absolute atomic E-state index is 10.7. The van der Waals surface area contributed by atoms with E-state index >= 15 is 0 Å². The third-order valence-electron chi connectivity index (χ3n) is 6.53. The van der Waals surface area contributed by atoms with Crippen molar-refractivity contribution in [2.24, 2.45) is 0 Å². The van der Waals surface area contributed by atoms with Crippen molar-refractivity contribution in [3.8, 4) is 0 Å². The summed E-state index contributed by atoms with van der Waals surface area (Å²) in [6.07, 6.45) is 0. The average Bonchev–Trinajstić information content (AvgIpc) is 2.91. The summed E-state index contributed by atoms with van der Waals surface area (Å²) in [4.78, 5) is 7.77. The lowest BCUT2D eigenvalue weighted by molar-refractivity contribution is -0.0660. The minimum absolute atomic E-state index is 0.0490. The highest BCUT2D eigenvalue weighted by molar-refractivity contribution is 8.24. The second kappa shape index (κ2) is 8.77. The van der Waals surface area contributed by atoms with Gasteiger partial charge in [-0.25, -0.2) is 4.98 Å². The molecule has 0 atom stereocenters. The van der Waals surface area contributed by atoms with Gasteiger partial charge in [-0.05, 0) is 37.2 Å². The molecule has 7 nitrogen and oxygen atoms in total. The number of aryl methyl sites for hydroxylation is 1. The minimum Gasteiger partial charge on any atom is -0.382 e. The summed E-state index contributed by atoms with van der Waals surface area (Å²) >= 11 is 0. The van der Waals surface area contributed by atoms with Gasteiger partial charge in [-0.2, -0.15) is 10.6 Å². The fourth-order valence-electron chi connectivity index (χ4n) is 4.67. The summed E-state index contributed by atoms with van der Waals surface area (Å²) in [6, 6.07) is 16.0. The summed E-state index contributed by atoms with van der Waals surface area (Å²) in [5, 5.41) is 8.32. The minimum atomic E-state index is -2.82. The molecule has 0 unspecified atom stereocenters. The van der Waals surface area contributed by atoms with Gasteiger partial charge in [0.1, 0.15) is 5.82 Å². The Morgan fingerprint density at radius 1 is 1.15 bits per heavy atom. The van der Waals surface area contributed by atoms with E-state index in [9.17, 15) is 9.11 Å². The Labute approximate surface area is 196 Å². The van der Waals surface area contributed by atoms with Gasteiger partial charge < -0.3 is 20.3 Å². The second-order valence-corrected chi connectivity index (χ2v) is 11.3. The molecule has 0 bridgehead atoms. The van der Waals surface area contributed by atoms with E-state index in [1.54, 1.807) is 0 Å². The zero-order chi connectivity index (χ0) is 23.1. The lowest BCUT2D eigenvalue weighted by atomic mass is 9.97. The number of hydrogen-bond acceptors (Lipinski definition) is 7. The zero-order valence-electron chi connectivity index (χ0n) is 19.2. The molecule has 3 heterocycles. The van der Waals surface area contributed by atoms with Crippen LogP contribution < -0.4 is 15.5 Å². The molecule has 1 saturated heterocycles. The topological polar surface area (TPSA) is 89.9 Å². The Balaban J connectivity index is 1.51. The van der Waals surface area contributed by atoms with Gasteiger partial charge in [-0.15, -0.1) is 0 Å². The first-order valence-corrected chi connectivity index (χ1v) is 13.2. The van der Waals surface area contributed by atoms with Gasteiger partial charge in [0.25, 0.3) is 0 Å². The number of ether oxygens (including phenoxy) is 1. The van der Waals surface area contributed by atoms with Crippen molar-refractivity contribution < 1.29 is 13.8 Å².